The van der Waals surface area contributed by atoms with Crippen molar-refractivity contribution >= 4 is 23.0 Å². The van der Waals surface area contributed by atoms with Gasteiger partial charge in [-0.2, -0.15) is 5.10 Å². The van der Waals surface area contributed by atoms with E-state index in [1.165, 1.54) is 5.56 Å². The zero-order chi connectivity index (χ0) is 16.5. The second kappa shape index (κ2) is 9.60. The first-order valence-electron chi connectivity index (χ1n) is 8.11. The second-order valence-corrected chi connectivity index (χ2v) is 6.10. The first kappa shape index (κ1) is 17.8. The van der Waals surface area contributed by atoms with E-state index in [4.69, 9.17) is 17.0 Å². The fraction of sp³-hybridized carbons (Fsp3) is 0.529. The van der Waals surface area contributed by atoms with Gasteiger partial charge in [-0.25, -0.2) is 0 Å². The maximum absolute atomic E-state index is 5.34. The van der Waals surface area contributed by atoms with E-state index in [1.807, 2.05) is 19.1 Å². The topological polar surface area (TPSA) is 48.9 Å². The molecule has 23 heavy (non-hydrogen) atoms. The Morgan fingerprint density at radius 3 is 2.78 bits per heavy atom. The van der Waals surface area contributed by atoms with Gasteiger partial charge in [0.05, 0.1) is 18.9 Å². The maximum atomic E-state index is 5.34. The summed E-state index contributed by atoms with van der Waals surface area (Å²) in [5.41, 5.74) is 6.19. The number of hydrazone groups is 1. The Morgan fingerprint density at radius 2 is 2.04 bits per heavy atom. The predicted octanol–water partition coefficient (Wildman–Crippen LogP) is 1.91. The van der Waals surface area contributed by atoms with Crippen LogP contribution in [0.4, 0.5) is 0 Å². The van der Waals surface area contributed by atoms with Crippen LogP contribution >= 0.6 is 12.2 Å². The number of benzene rings is 1. The fourth-order valence-electron chi connectivity index (χ4n) is 2.54. The van der Waals surface area contributed by atoms with Crippen LogP contribution in [0, 0.1) is 6.92 Å². The summed E-state index contributed by atoms with van der Waals surface area (Å²) in [5.74, 6) is 0. The first-order valence-corrected chi connectivity index (χ1v) is 8.52. The Labute approximate surface area is 144 Å². The van der Waals surface area contributed by atoms with Crippen molar-refractivity contribution in [3.8, 4) is 0 Å². The summed E-state index contributed by atoms with van der Waals surface area (Å²) in [6.07, 6.45) is 1.06. The van der Waals surface area contributed by atoms with E-state index >= 15 is 0 Å². The summed E-state index contributed by atoms with van der Waals surface area (Å²) in [6, 6.07) is 8.19. The van der Waals surface area contributed by atoms with Gasteiger partial charge in [-0.3, -0.25) is 10.3 Å². The lowest BCUT2D eigenvalue weighted by Gasteiger charge is -2.26. The molecule has 0 spiro atoms. The minimum atomic E-state index is 0.569. The standard InChI is InChI=1S/C17H26N4OS/c1-14-6-3-4-7-16(14)15(2)19-20-17(23)18-8-5-9-21-10-12-22-13-11-21/h3-4,6-7H,5,8-13H2,1-2H3,(H2,18,20,23)/b19-15-. The smallest absolute Gasteiger partial charge is 0.186 e. The molecule has 0 saturated carbocycles. The van der Waals surface area contributed by atoms with E-state index in [0.717, 1.165) is 57.1 Å². The first-order chi connectivity index (χ1) is 11.2. The molecule has 0 radical (unpaired) electrons. The van der Waals surface area contributed by atoms with Crippen LogP contribution in [0.25, 0.3) is 0 Å². The van der Waals surface area contributed by atoms with E-state index in [2.05, 4.69) is 39.8 Å². The van der Waals surface area contributed by atoms with Crippen LogP contribution in [0.5, 0.6) is 0 Å². The van der Waals surface area contributed by atoms with Crippen LogP contribution in [-0.2, 0) is 4.74 Å². The lowest BCUT2D eigenvalue weighted by Crippen LogP contribution is -2.39. The molecule has 126 valence electrons. The number of rotatable bonds is 6. The molecule has 0 aliphatic carbocycles. The van der Waals surface area contributed by atoms with E-state index < -0.39 is 0 Å². The molecular weight excluding hydrogens is 308 g/mol. The molecule has 5 nitrogen and oxygen atoms in total. The van der Waals surface area contributed by atoms with Crippen LogP contribution in [0.3, 0.4) is 0 Å². The molecule has 1 aromatic carbocycles. The molecule has 2 N–H and O–H groups in total. The maximum Gasteiger partial charge on any atom is 0.186 e. The van der Waals surface area contributed by atoms with Gasteiger partial charge in [-0.15, -0.1) is 0 Å². The molecule has 0 amide bonds. The molecule has 0 unspecified atom stereocenters. The fourth-order valence-corrected chi connectivity index (χ4v) is 2.69. The zero-order valence-electron chi connectivity index (χ0n) is 14.0. The summed E-state index contributed by atoms with van der Waals surface area (Å²) >= 11 is 5.26. The van der Waals surface area contributed by atoms with Gasteiger partial charge in [-0.05, 0) is 44.6 Å². The second-order valence-electron chi connectivity index (χ2n) is 5.69. The third-order valence-corrected chi connectivity index (χ3v) is 4.14. The van der Waals surface area contributed by atoms with Gasteiger partial charge in [0.25, 0.3) is 0 Å². The molecule has 2 rings (SSSR count). The zero-order valence-corrected chi connectivity index (χ0v) is 14.8. The van der Waals surface area contributed by atoms with Crippen molar-refractivity contribution in [2.75, 3.05) is 39.4 Å². The largest absolute Gasteiger partial charge is 0.379 e. The Morgan fingerprint density at radius 1 is 1.30 bits per heavy atom. The van der Waals surface area contributed by atoms with Crippen LogP contribution in [-0.4, -0.2) is 55.1 Å². The van der Waals surface area contributed by atoms with E-state index in [0.29, 0.717) is 5.11 Å². The van der Waals surface area contributed by atoms with Crippen molar-refractivity contribution in [1.29, 1.82) is 0 Å². The Balaban J connectivity index is 1.66. The number of nitrogens with zero attached hydrogens (tertiary/aromatic N) is 2. The summed E-state index contributed by atoms with van der Waals surface area (Å²) in [7, 11) is 0. The highest BCUT2D eigenvalue weighted by Gasteiger charge is 2.09. The number of ether oxygens (including phenoxy) is 1. The summed E-state index contributed by atoms with van der Waals surface area (Å²) in [6.45, 7) is 9.74. The summed E-state index contributed by atoms with van der Waals surface area (Å²) < 4.78 is 5.34. The average molecular weight is 334 g/mol. The highest BCUT2D eigenvalue weighted by atomic mass is 32.1. The normalized spacial score (nSPS) is 16.2. The number of thiocarbonyl (C=S) groups is 1. The van der Waals surface area contributed by atoms with E-state index in [-0.39, 0.29) is 0 Å². The number of aryl methyl sites for hydroxylation is 1. The molecule has 1 saturated heterocycles. The molecule has 1 aliphatic heterocycles. The number of hydrogen-bond acceptors (Lipinski definition) is 4. The molecule has 0 aromatic heterocycles. The van der Waals surface area contributed by atoms with Gasteiger partial charge in [0, 0.05) is 25.2 Å². The van der Waals surface area contributed by atoms with Crippen molar-refractivity contribution in [2.24, 2.45) is 5.10 Å². The number of morpholine rings is 1. The third-order valence-electron chi connectivity index (χ3n) is 3.90. The summed E-state index contributed by atoms with van der Waals surface area (Å²) in [5, 5.41) is 8.13. The van der Waals surface area contributed by atoms with E-state index in [1.54, 1.807) is 0 Å². The van der Waals surface area contributed by atoms with Crippen molar-refractivity contribution in [3.63, 3.8) is 0 Å². The third kappa shape index (κ3) is 6.25. The van der Waals surface area contributed by atoms with Gasteiger partial charge in [0.15, 0.2) is 5.11 Å². The van der Waals surface area contributed by atoms with Crippen molar-refractivity contribution < 1.29 is 4.74 Å². The molecule has 0 atom stereocenters. The van der Waals surface area contributed by atoms with Crippen LogP contribution in [0.2, 0.25) is 0 Å². The molecule has 0 bridgehead atoms. The SMILES string of the molecule is C/C(=N/NC(=S)NCCCN1CCOCC1)c1ccccc1C. The molecule has 6 heteroatoms. The van der Waals surface area contributed by atoms with Crippen LogP contribution < -0.4 is 10.7 Å². The van der Waals surface area contributed by atoms with E-state index in [9.17, 15) is 0 Å². The van der Waals surface area contributed by atoms with Gasteiger partial charge in [0.1, 0.15) is 0 Å². The molecule has 1 aromatic rings. The Kier molecular flexibility index (Phi) is 7.45. The lowest BCUT2D eigenvalue weighted by molar-refractivity contribution is 0.0376. The Hall–Kier alpha value is -1.50. The van der Waals surface area contributed by atoms with Gasteiger partial charge in [-0.1, -0.05) is 24.3 Å². The van der Waals surface area contributed by atoms with Gasteiger partial charge in [0.2, 0.25) is 0 Å². The minimum Gasteiger partial charge on any atom is -0.379 e. The average Bonchev–Trinajstić information content (AvgIpc) is 2.58. The molecule has 1 heterocycles. The highest BCUT2D eigenvalue weighted by molar-refractivity contribution is 7.80. The van der Waals surface area contributed by atoms with Crippen LogP contribution in [0.1, 0.15) is 24.5 Å². The Bertz CT molecular complexity index is 541. The molecule has 1 fully saturated rings. The van der Waals surface area contributed by atoms with Gasteiger partial charge >= 0.3 is 0 Å². The van der Waals surface area contributed by atoms with Gasteiger partial charge < -0.3 is 10.1 Å². The quantitative estimate of drug-likeness (QED) is 0.360. The van der Waals surface area contributed by atoms with Crippen LogP contribution in [0.15, 0.2) is 29.4 Å². The lowest BCUT2D eigenvalue weighted by atomic mass is 10.1. The van der Waals surface area contributed by atoms with Crippen molar-refractivity contribution in [3.05, 3.63) is 35.4 Å². The summed E-state index contributed by atoms with van der Waals surface area (Å²) in [4.78, 5) is 2.42. The number of nitrogens with one attached hydrogen (secondary N) is 2. The predicted molar refractivity (Wildman–Crippen MR) is 99.0 cm³/mol. The minimum absolute atomic E-state index is 0.569. The highest BCUT2D eigenvalue weighted by Crippen LogP contribution is 2.07. The molecule has 1 aliphatic rings. The number of hydrogen-bond donors (Lipinski definition) is 2. The van der Waals surface area contributed by atoms with Crippen molar-refractivity contribution in [1.82, 2.24) is 15.6 Å². The van der Waals surface area contributed by atoms with Crippen molar-refractivity contribution in [2.45, 2.75) is 20.3 Å². The monoisotopic (exact) mass is 334 g/mol. The molecular formula is C17H26N4OS.